The molecule has 80 valence electrons. The van der Waals surface area contributed by atoms with E-state index in [1.54, 1.807) is 0 Å². The standard InChI is InChI=1S/C12H26O/c1-4-7-8-9-11(5-2)12(6-3)10-13/h11-13H,4-10H2,1-3H3. The molecule has 0 heterocycles. The van der Waals surface area contributed by atoms with Crippen LogP contribution in [0, 0.1) is 11.8 Å². The summed E-state index contributed by atoms with van der Waals surface area (Å²) < 4.78 is 0. The molecule has 0 spiro atoms. The molecular weight excluding hydrogens is 160 g/mol. The Bertz CT molecular complexity index is 97.3. The first kappa shape index (κ1) is 13.0. The van der Waals surface area contributed by atoms with Crippen molar-refractivity contribution < 1.29 is 5.11 Å². The minimum absolute atomic E-state index is 0.376. The topological polar surface area (TPSA) is 20.2 Å². The lowest BCUT2D eigenvalue weighted by atomic mass is 9.84. The highest BCUT2D eigenvalue weighted by atomic mass is 16.3. The molecule has 2 unspecified atom stereocenters. The van der Waals surface area contributed by atoms with E-state index in [0.29, 0.717) is 12.5 Å². The van der Waals surface area contributed by atoms with Gasteiger partial charge in [-0.25, -0.2) is 0 Å². The summed E-state index contributed by atoms with van der Waals surface area (Å²) >= 11 is 0. The molecular formula is C12H26O. The normalized spacial score (nSPS) is 15.7. The first-order valence-corrected chi connectivity index (χ1v) is 5.90. The maximum absolute atomic E-state index is 9.18. The Morgan fingerprint density at radius 2 is 1.54 bits per heavy atom. The van der Waals surface area contributed by atoms with Crippen LogP contribution in [0.25, 0.3) is 0 Å². The van der Waals surface area contributed by atoms with Crippen molar-refractivity contribution in [3.05, 3.63) is 0 Å². The highest BCUT2D eigenvalue weighted by Crippen LogP contribution is 2.24. The smallest absolute Gasteiger partial charge is 0.0461 e. The summed E-state index contributed by atoms with van der Waals surface area (Å²) in [6.07, 6.45) is 7.64. The Balaban J connectivity index is 3.71. The zero-order valence-corrected chi connectivity index (χ0v) is 9.55. The SMILES string of the molecule is CCCCCC(CC)C(CC)CO. The fourth-order valence-corrected chi connectivity index (χ4v) is 2.04. The molecule has 0 radical (unpaired) electrons. The maximum atomic E-state index is 9.18. The van der Waals surface area contributed by atoms with E-state index in [9.17, 15) is 5.11 Å². The predicted octanol–water partition coefficient (Wildman–Crippen LogP) is 3.61. The summed E-state index contributed by atoms with van der Waals surface area (Å²) in [5.41, 5.74) is 0. The minimum atomic E-state index is 0.376. The predicted molar refractivity (Wildman–Crippen MR) is 58.8 cm³/mol. The van der Waals surface area contributed by atoms with Gasteiger partial charge in [-0.15, -0.1) is 0 Å². The van der Waals surface area contributed by atoms with Crippen LogP contribution in [0.2, 0.25) is 0 Å². The molecule has 0 fully saturated rings. The van der Waals surface area contributed by atoms with Crippen LogP contribution in [0.4, 0.5) is 0 Å². The third-order valence-electron chi connectivity index (χ3n) is 3.13. The molecule has 1 N–H and O–H groups in total. The summed E-state index contributed by atoms with van der Waals surface area (Å²) in [4.78, 5) is 0. The maximum Gasteiger partial charge on any atom is 0.0461 e. The van der Waals surface area contributed by atoms with Crippen molar-refractivity contribution in [1.82, 2.24) is 0 Å². The van der Waals surface area contributed by atoms with Crippen molar-refractivity contribution >= 4 is 0 Å². The molecule has 0 amide bonds. The van der Waals surface area contributed by atoms with Gasteiger partial charge in [0.25, 0.3) is 0 Å². The quantitative estimate of drug-likeness (QED) is 0.574. The van der Waals surface area contributed by atoms with Crippen molar-refractivity contribution in [1.29, 1.82) is 0 Å². The fourth-order valence-electron chi connectivity index (χ4n) is 2.04. The third kappa shape index (κ3) is 5.30. The average molecular weight is 186 g/mol. The van der Waals surface area contributed by atoms with Crippen molar-refractivity contribution in [3.63, 3.8) is 0 Å². The number of hydrogen-bond donors (Lipinski definition) is 1. The van der Waals surface area contributed by atoms with Gasteiger partial charge in [0.05, 0.1) is 0 Å². The Morgan fingerprint density at radius 3 is 1.92 bits per heavy atom. The second-order valence-corrected chi connectivity index (χ2v) is 4.02. The lowest BCUT2D eigenvalue weighted by Gasteiger charge is -2.23. The van der Waals surface area contributed by atoms with E-state index < -0.39 is 0 Å². The van der Waals surface area contributed by atoms with E-state index >= 15 is 0 Å². The van der Waals surface area contributed by atoms with Gasteiger partial charge in [0.15, 0.2) is 0 Å². The minimum Gasteiger partial charge on any atom is -0.396 e. The zero-order chi connectivity index (χ0) is 10.1. The molecule has 13 heavy (non-hydrogen) atoms. The van der Waals surface area contributed by atoms with Crippen LogP contribution < -0.4 is 0 Å². The second-order valence-electron chi connectivity index (χ2n) is 4.02. The van der Waals surface area contributed by atoms with E-state index in [0.717, 1.165) is 12.3 Å². The largest absolute Gasteiger partial charge is 0.396 e. The lowest BCUT2D eigenvalue weighted by molar-refractivity contribution is 0.159. The van der Waals surface area contributed by atoms with Gasteiger partial charge >= 0.3 is 0 Å². The van der Waals surface area contributed by atoms with Crippen molar-refractivity contribution in [3.8, 4) is 0 Å². The number of aliphatic hydroxyl groups is 1. The zero-order valence-electron chi connectivity index (χ0n) is 9.55. The first-order chi connectivity index (χ1) is 6.29. The number of hydrogen-bond acceptors (Lipinski definition) is 1. The lowest BCUT2D eigenvalue weighted by Crippen LogP contribution is -2.17. The van der Waals surface area contributed by atoms with Gasteiger partial charge in [0.2, 0.25) is 0 Å². The first-order valence-electron chi connectivity index (χ1n) is 5.90. The molecule has 2 atom stereocenters. The van der Waals surface area contributed by atoms with Crippen LogP contribution in [0.15, 0.2) is 0 Å². The van der Waals surface area contributed by atoms with E-state index in [4.69, 9.17) is 0 Å². The van der Waals surface area contributed by atoms with Crippen molar-refractivity contribution in [2.24, 2.45) is 11.8 Å². The van der Waals surface area contributed by atoms with E-state index in [1.807, 2.05) is 0 Å². The van der Waals surface area contributed by atoms with Crippen molar-refractivity contribution in [2.75, 3.05) is 6.61 Å². The van der Waals surface area contributed by atoms with Crippen LogP contribution in [0.5, 0.6) is 0 Å². The summed E-state index contributed by atoms with van der Waals surface area (Å²) in [5.74, 6) is 1.29. The summed E-state index contributed by atoms with van der Waals surface area (Å²) in [6.45, 7) is 7.05. The van der Waals surface area contributed by atoms with Gasteiger partial charge in [-0.2, -0.15) is 0 Å². The van der Waals surface area contributed by atoms with Gasteiger partial charge < -0.3 is 5.11 Å². The number of unbranched alkanes of at least 4 members (excludes halogenated alkanes) is 2. The molecule has 0 saturated heterocycles. The van der Waals surface area contributed by atoms with Gasteiger partial charge in [0, 0.05) is 6.61 Å². The second kappa shape index (κ2) is 8.55. The molecule has 0 aromatic rings. The van der Waals surface area contributed by atoms with Gasteiger partial charge in [-0.1, -0.05) is 59.3 Å². The summed E-state index contributed by atoms with van der Waals surface area (Å²) in [5, 5.41) is 9.18. The van der Waals surface area contributed by atoms with Crippen LogP contribution in [0.3, 0.4) is 0 Å². The molecule has 0 aliphatic rings. The summed E-state index contributed by atoms with van der Waals surface area (Å²) in [7, 11) is 0. The molecule has 1 heteroatoms. The average Bonchev–Trinajstić information content (AvgIpc) is 2.17. The molecule has 0 aliphatic heterocycles. The van der Waals surface area contributed by atoms with Gasteiger partial charge in [0.1, 0.15) is 0 Å². The van der Waals surface area contributed by atoms with E-state index in [2.05, 4.69) is 20.8 Å². The Morgan fingerprint density at radius 1 is 0.923 bits per heavy atom. The molecule has 0 rings (SSSR count). The molecule has 1 nitrogen and oxygen atoms in total. The Hall–Kier alpha value is -0.0400. The third-order valence-corrected chi connectivity index (χ3v) is 3.13. The van der Waals surface area contributed by atoms with Crippen LogP contribution in [0.1, 0.15) is 59.3 Å². The van der Waals surface area contributed by atoms with Crippen LogP contribution in [-0.4, -0.2) is 11.7 Å². The number of aliphatic hydroxyl groups excluding tert-OH is 1. The molecule has 0 aliphatic carbocycles. The van der Waals surface area contributed by atoms with E-state index in [-0.39, 0.29) is 0 Å². The molecule has 0 bridgehead atoms. The van der Waals surface area contributed by atoms with Gasteiger partial charge in [-0.05, 0) is 11.8 Å². The highest BCUT2D eigenvalue weighted by Gasteiger charge is 2.16. The molecule has 0 aromatic heterocycles. The van der Waals surface area contributed by atoms with Crippen LogP contribution >= 0.6 is 0 Å². The van der Waals surface area contributed by atoms with Gasteiger partial charge in [-0.3, -0.25) is 0 Å². The molecule has 0 aromatic carbocycles. The van der Waals surface area contributed by atoms with E-state index in [1.165, 1.54) is 32.1 Å². The van der Waals surface area contributed by atoms with Crippen molar-refractivity contribution in [2.45, 2.75) is 59.3 Å². The Labute approximate surface area is 83.5 Å². The van der Waals surface area contributed by atoms with Crippen LogP contribution in [-0.2, 0) is 0 Å². The summed E-state index contributed by atoms with van der Waals surface area (Å²) in [6, 6.07) is 0. The Kier molecular flexibility index (Phi) is 8.53. The monoisotopic (exact) mass is 186 g/mol. The fraction of sp³-hybridized carbons (Fsp3) is 1.00. The highest BCUT2D eigenvalue weighted by molar-refractivity contribution is 4.67. The number of rotatable bonds is 8. The molecule has 0 saturated carbocycles.